The van der Waals surface area contributed by atoms with Crippen molar-refractivity contribution in [2.75, 3.05) is 11.3 Å². The molecule has 0 radical (unpaired) electrons. The second kappa shape index (κ2) is 5.30. The van der Waals surface area contributed by atoms with Crippen molar-refractivity contribution in [3.05, 3.63) is 11.3 Å². The maximum atomic E-state index is 11.9. The van der Waals surface area contributed by atoms with E-state index < -0.39 is 34.5 Å². The number of nitrogens with one attached hydrogen (secondary N) is 2. The van der Waals surface area contributed by atoms with Crippen LogP contribution in [0.5, 0.6) is 0 Å². The van der Waals surface area contributed by atoms with Gasteiger partial charge in [0.2, 0.25) is 0 Å². The molecule has 0 amide bonds. The zero-order valence-electron chi connectivity index (χ0n) is 9.28. The molecule has 1 aromatic rings. The molecule has 108 valence electrons. The van der Waals surface area contributed by atoms with Crippen molar-refractivity contribution in [3.63, 3.8) is 0 Å². The van der Waals surface area contributed by atoms with Crippen LogP contribution in [0, 0.1) is 6.92 Å². The molecule has 1 aromatic heterocycles. The van der Waals surface area contributed by atoms with E-state index in [9.17, 15) is 26.4 Å². The highest BCUT2D eigenvalue weighted by Gasteiger charge is 2.30. The molecule has 0 atom stereocenters. The van der Waals surface area contributed by atoms with Crippen molar-refractivity contribution in [1.29, 1.82) is 0 Å². The first-order valence-electron chi connectivity index (χ1n) is 4.55. The molecular weight excluding hydrogens is 311 g/mol. The van der Waals surface area contributed by atoms with Crippen molar-refractivity contribution in [2.45, 2.75) is 13.1 Å². The average Bonchev–Trinajstić information content (AvgIpc) is 2.55. The van der Waals surface area contributed by atoms with Gasteiger partial charge in [-0.3, -0.25) is 4.72 Å². The number of aromatic carboxylic acids is 1. The number of aryl methyl sites for hydroxylation is 1. The Kier molecular flexibility index (Phi) is 4.37. The Morgan fingerprint density at radius 2 is 2.05 bits per heavy atom. The summed E-state index contributed by atoms with van der Waals surface area (Å²) in [6.45, 7) is -0.427. The summed E-state index contributed by atoms with van der Waals surface area (Å²) in [6.07, 6.45) is -4.71. The summed E-state index contributed by atoms with van der Waals surface area (Å²) in [5, 5.41) is 8.46. The second-order valence-corrected chi connectivity index (χ2v) is 5.59. The molecule has 0 saturated carbocycles. The molecule has 3 N–H and O–H groups in total. The smallest absolute Gasteiger partial charge is 0.402 e. The van der Waals surface area contributed by atoms with Gasteiger partial charge in [0, 0.05) is 0 Å². The number of alkyl halides is 3. The van der Waals surface area contributed by atoms with Crippen LogP contribution in [-0.2, 0) is 10.2 Å². The lowest BCUT2D eigenvalue weighted by atomic mass is 10.2. The van der Waals surface area contributed by atoms with Crippen LogP contribution in [0.2, 0.25) is 0 Å². The van der Waals surface area contributed by atoms with E-state index in [1.54, 1.807) is 4.72 Å². The van der Waals surface area contributed by atoms with Crippen LogP contribution < -0.4 is 9.44 Å². The third-order valence-corrected chi connectivity index (χ3v) is 3.75. The van der Waals surface area contributed by atoms with Crippen LogP contribution in [0.4, 0.5) is 18.2 Å². The number of aromatic nitrogens is 1. The van der Waals surface area contributed by atoms with Gasteiger partial charge in [0.05, 0.1) is 5.69 Å². The number of carboxylic acid groups (broad SMARTS) is 1. The molecule has 0 aliphatic carbocycles. The van der Waals surface area contributed by atoms with Gasteiger partial charge in [0.15, 0.2) is 0 Å². The van der Waals surface area contributed by atoms with Gasteiger partial charge in [0.25, 0.3) is 10.2 Å². The normalized spacial score (nSPS) is 12.4. The van der Waals surface area contributed by atoms with Crippen LogP contribution in [0.3, 0.4) is 0 Å². The fourth-order valence-corrected chi connectivity index (χ4v) is 2.92. The minimum Gasteiger partial charge on any atom is -0.478 e. The van der Waals surface area contributed by atoms with E-state index in [4.69, 9.17) is 5.11 Å². The summed E-state index contributed by atoms with van der Waals surface area (Å²) in [5.74, 6) is -1.43. The van der Waals surface area contributed by atoms with Crippen LogP contribution >= 0.6 is 11.5 Å². The molecule has 0 saturated heterocycles. The van der Waals surface area contributed by atoms with Gasteiger partial charge in [-0.2, -0.15) is 30.7 Å². The summed E-state index contributed by atoms with van der Waals surface area (Å²) in [4.78, 5) is 10.8. The van der Waals surface area contributed by atoms with Gasteiger partial charge < -0.3 is 5.11 Å². The molecule has 1 heterocycles. The van der Waals surface area contributed by atoms with E-state index in [-0.39, 0.29) is 10.7 Å². The fraction of sp³-hybridized carbons (Fsp3) is 0.429. The SMILES string of the molecule is Cc1nsc(NS(=O)(=O)NCC(F)(F)F)c1C(=O)O. The Labute approximate surface area is 109 Å². The maximum absolute atomic E-state index is 11.9. The first kappa shape index (κ1) is 15.7. The van der Waals surface area contributed by atoms with Crippen molar-refractivity contribution in [1.82, 2.24) is 9.10 Å². The number of rotatable bonds is 5. The Bertz CT molecular complexity index is 581. The standard InChI is InChI=1S/C7H8F3N3O4S2/c1-3-4(6(14)15)5(18-12-3)13-19(16,17)11-2-7(8,9)10/h11,13H,2H2,1H3,(H,14,15). The molecule has 0 fully saturated rings. The Morgan fingerprint density at radius 1 is 1.47 bits per heavy atom. The first-order chi connectivity index (χ1) is 8.52. The van der Waals surface area contributed by atoms with E-state index in [0.29, 0.717) is 11.5 Å². The molecule has 0 unspecified atom stereocenters. The number of carboxylic acids is 1. The molecule has 7 nitrogen and oxygen atoms in total. The maximum Gasteiger partial charge on any atom is 0.402 e. The van der Waals surface area contributed by atoms with Crippen LogP contribution in [0.25, 0.3) is 0 Å². The predicted octanol–water partition coefficient (Wildman–Crippen LogP) is 0.958. The van der Waals surface area contributed by atoms with Crippen LogP contribution in [0.15, 0.2) is 0 Å². The van der Waals surface area contributed by atoms with Gasteiger partial charge in [-0.1, -0.05) is 0 Å². The van der Waals surface area contributed by atoms with E-state index in [2.05, 4.69) is 4.37 Å². The van der Waals surface area contributed by atoms with Crippen molar-refractivity contribution in [3.8, 4) is 0 Å². The minimum absolute atomic E-state index is 0.0611. The molecule has 19 heavy (non-hydrogen) atoms. The highest BCUT2D eigenvalue weighted by atomic mass is 32.2. The summed E-state index contributed by atoms with van der Waals surface area (Å²) in [7, 11) is -4.52. The third kappa shape index (κ3) is 4.65. The van der Waals surface area contributed by atoms with E-state index in [1.165, 1.54) is 11.6 Å². The van der Waals surface area contributed by atoms with Gasteiger partial charge >= 0.3 is 12.1 Å². The molecule has 12 heteroatoms. The topological polar surface area (TPSA) is 108 Å². The zero-order chi connectivity index (χ0) is 14.8. The third-order valence-electron chi connectivity index (χ3n) is 1.77. The molecule has 0 aliphatic heterocycles. The highest BCUT2D eigenvalue weighted by molar-refractivity contribution is 7.91. The average molecular weight is 319 g/mol. The van der Waals surface area contributed by atoms with Gasteiger partial charge in [-0.05, 0) is 18.5 Å². The van der Waals surface area contributed by atoms with Crippen LogP contribution in [0.1, 0.15) is 16.1 Å². The summed E-state index contributed by atoms with van der Waals surface area (Å²) in [5.41, 5.74) is -0.339. The molecule has 0 aliphatic rings. The second-order valence-electron chi connectivity index (χ2n) is 3.32. The fourth-order valence-electron chi connectivity index (χ4n) is 1.03. The Hall–Kier alpha value is -1.40. The summed E-state index contributed by atoms with van der Waals surface area (Å²) >= 11 is 0.522. The quantitative estimate of drug-likeness (QED) is 0.749. The van der Waals surface area contributed by atoms with E-state index >= 15 is 0 Å². The number of carbonyl (C=O) groups is 1. The van der Waals surface area contributed by atoms with Crippen molar-refractivity contribution < 1.29 is 31.5 Å². The van der Waals surface area contributed by atoms with Crippen molar-refractivity contribution in [2.24, 2.45) is 0 Å². The zero-order valence-corrected chi connectivity index (χ0v) is 10.9. The number of nitrogens with zero attached hydrogens (tertiary/aromatic N) is 1. The Balaban J connectivity index is 2.88. The van der Waals surface area contributed by atoms with E-state index in [1.807, 2.05) is 0 Å². The monoisotopic (exact) mass is 319 g/mol. The molecular formula is C7H8F3N3O4S2. The predicted molar refractivity (Wildman–Crippen MR) is 60.4 cm³/mol. The largest absolute Gasteiger partial charge is 0.478 e. The lowest BCUT2D eigenvalue weighted by Crippen LogP contribution is -2.37. The lowest BCUT2D eigenvalue weighted by Gasteiger charge is -2.10. The molecule has 0 aromatic carbocycles. The molecule has 0 bridgehead atoms. The van der Waals surface area contributed by atoms with Crippen molar-refractivity contribution >= 4 is 32.7 Å². The molecule has 0 spiro atoms. The number of hydrogen-bond acceptors (Lipinski definition) is 5. The van der Waals surface area contributed by atoms with Gasteiger partial charge in [-0.15, -0.1) is 0 Å². The first-order valence-corrected chi connectivity index (χ1v) is 6.81. The van der Waals surface area contributed by atoms with Gasteiger partial charge in [-0.25, -0.2) is 4.79 Å². The minimum atomic E-state index is -4.71. The number of halogens is 3. The summed E-state index contributed by atoms with van der Waals surface area (Å²) < 4.78 is 64.8. The van der Waals surface area contributed by atoms with E-state index in [0.717, 1.165) is 0 Å². The highest BCUT2D eigenvalue weighted by Crippen LogP contribution is 2.25. The lowest BCUT2D eigenvalue weighted by molar-refractivity contribution is -0.121. The van der Waals surface area contributed by atoms with Gasteiger partial charge in [0.1, 0.15) is 17.1 Å². The Morgan fingerprint density at radius 3 is 2.53 bits per heavy atom. The molecule has 1 rings (SSSR count). The summed E-state index contributed by atoms with van der Waals surface area (Å²) in [6, 6.07) is 0. The van der Waals surface area contributed by atoms with Crippen LogP contribution in [-0.4, -0.2) is 36.6 Å². The number of anilines is 1. The number of hydrogen-bond donors (Lipinski definition) is 3.